The molecule has 0 aromatic heterocycles. The highest BCUT2D eigenvalue weighted by atomic mass is 16.5. The number of guanidine groups is 1. The molecule has 0 rings (SSSR count). The number of hydrogen-bond donors (Lipinski definition) is 3. The zero-order chi connectivity index (χ0) is 12.6. The molecule has 6 N–H and O–H groups in total. The Kier molecular flexibility index (Phi) is 7.28. The normalized spacial score (nSPS) is 12.2. The molecule has 0 aliphatic heterocycles. The van der Waals surface area contributed by atoms with Crippen molar-refractivity contribution >= 4 is 11.9 Å². The lowest BCUT2D eigenvalue weighted by molar-refractivity contribution is -0.146. The van der Waals surface area contributed by atoms with Crippen molar-refractivity contribution in [3.05, 3.63) is 0 Å². The zero-order valence-corrected chi connectivity index (χ0v) is 9.98. The molecule has 0 aromatic rings. The molecular formula is C10H22N4O2. The van der Waals surface area contributed by atoms with Gasteiger partial charge in [-0.05, 0) is 18.8 Å². The van der Waals surface area contributed by atoms with E-state index in [4.69, 9.17) is 21.9 Å². The average Bonchev–Trinajstić information content (AvgIpc) is 2.20. The minimum atomic E-state index is -0.590. The van der Waals surface area contributed by atoms with Gasteiger partial charge >= 0.3 is 5.97 Å². The summed E-state index contributed by atoms with van der Waals surface area (Å²) in [6.45, 7) is 4.82. The summed E-state index contributed by atoms with van der Waals surface area (Å²) in [5.41, 5.74) is 15.9. The van der Waals surface area contributed by atoms with E-state index in [9.17, 15) is 4.79 Å². The number of nitrogens with two attached hydrogens (primary N) is 3. The molecule has 6 heteroatoms. The second kappa shape index (κ2) is 7.92. The van der Waals surface area contributed by atoms with Gasteiger partial charge < -0.3 is 21.9 Å². The van der Waals surface area contributed by atoms with Crippen molar-refractivity contribution < 1.29 is 9.53 Å². The molecule has 0 aliphatic carbocycles. The molecule has 0 saturated carbocycles. The fourth-order valence-electron chi connectivity index (χ4n) is 0.993. The van der Waals surface area contributed by atoms with Crippen molar-refractivity contribution in [1.29, 1.82) is 0 Å². The molecule has 0 aliphatic rings. The first-order chi connectivity index (χ1) is 7.43. The zero-order valence-electron chi connectivity index (χ0n) is 9.98. The monoisotopic (exact) mass is 230 g/mol. The maximum Gasteiger partial charge on any atom is 0.322 e. The molecule has 0 spiro atoms. The summed E-state index contributed by atoms with van der Waals surface area (Å²) in [7, 11) is 0. The third-order valence-electron chi connectivity index (χ3n) is 1.83. The Morgan fingerprint density at radius 1 is 1.38 bits per heavy atom. The number of ether oxygens (including phenoxy) is 1. The summed E-state index contributed by atoms with van der Waals surface area (Å²) in [5.74, 6) is 0.00662. The Bertz CT molecular complexity index is 237. The van der Waals surface area contributed by atoms with E-state index in [1.807, 2.05) is 13.8 Å². The Morgan fingerprint density at radius 3 is 2.50 bits per heavy atom. The summed E-state index contributed by atoms with van der Waals surface area (Å²) in [6.07, 6.45) is 1.18. The quantitative estimate of drug-likeness (QED) is 0.237. The molecule has 0 saturated heterocycles. The van der Waals surface area contributed by atoms with Gasteiger partial charge in [0.05, 0.1) is 6.61 Å². The van der Waals surface area contributed by atoms with Gasteiger partial charge in [0.2, 0.25) is 0 Å². The van der Waals surface area contributed by atoms with Crippen LogP contribution in [0.2, 0.25) is 0 Å². The molecule has 94 valence electrons. The van der Waals surface area contributed by atoms with Gasteiger partial charge in [0.1, 0.15) is 6.04 Å². The molecule has 0 aromatic carbocycles. The van der Waals surface area contributed by atoms with Gasteiger partial charge in [-0.1, -0.05) is 13.8 Å². The van der Waals surface area contributed by atoms with E-state index in [1.54, 1.807) is 0 Å². The van der Waals surface area contributed by atoms with Crippen molar-refractivity contribution in [3.63, 3.8) is 0 Å². The number of carbonyl (C=O) groups excluding carboxylic acids is 1. The van der Waals surface area contributed by atoms with Gasteiger partial charge in [-0.25, -0.2) is 0 Å². The van der Waals surface area contributed by atoms with E-state index in [-0.39, 0.29) is 11.9 Å². The maximum atomic E-state index is 11.3. The number of carbonyl (C=O) groups is 1. The third kappa shape index (κ3) is 8.05. The van der Waals surface area contributed by atoms with Crippen molar-refractivity contribution in [1.82, 2.24) is 0 Å². The predicted octanol–water partition coefficient (Wildman–Crippen LogP) is -0.433. The number of nitrogens with zero attached hydrogens (tertiary/aromatic N) is 1. The Hall–Kier alpha value is -1.30. The molecule has 6 nitrogen and oxygen atoms in total. The lowest BCUT2D eigenvalue weighted by atomic mass is 10.1. The van der Waals surface area contributed by atoms with Gasteiger partial charge in [-0.15, -0.1) is 0 Å². The van der Waals surface area contributed by atoms with Gasteiger partial charge in [-0.3, -0.25) is 9.79 Å². The Labute approximate surface area is 96.2 Å². The third-order valence-corrected chi connectivity index (χ3v) is 1.83. The highest BCUT2D eigenvalue weighted by molar-refractivity contribution is 5.76. The lowest BCUT2D eigenvalue weighted by Gasteiger charge is -2.12. The topological polar surface area (TPSA) is 117 Å². The van der Waals surface area contributed by atoms with Crippen LogP contribution in [0.1, 0.15) is 26.7 Å². The minimum absolute atomic E-state index is 0.0518. The van der Waals surface area contributed by atoms with Crippen LogP contribution in [0, 0.1) is 5.92 Å². The molecule has 1 unspecified atom stereocenters. The molecule has 0 radical (unpaired) electrons. The largest absolute Gasteiger partial charge is 0.464 e. The first kappa shape index (κ1) is 14.7. The first-order valence-corrected chi connectivity index (χ1v) is 5.41. The standard InChI is InChI=1S/C10H22N4O2/c1-7(2)6-16-9(15)8(11)4-3-5-14-10(12)13/h7-8H,3-6,11H2,1-2H3,(H4,12,13,14). The minimum Gasteiger partial charge on any atom is -0.464 e. The summed E-state index contributed by atoms with van der Waals surface area (Å²) in [4.78, 5) is 15.1. The average molecular weight is 230 g/mol. The lowest BCUT2D eigenvalue weighted by Crippen LogP contribution is -2.33. The van der Waals surface area contributed by atoms with Crippen LogP contribution in [-0.2, 0) is 9.53 Å². The number of aliphatic imine (C=N–C) groups is 1. The van der Waals surface area contributed by atoms with E-state index >= 15 is 0 Å². The van der Waals surface area contributed by atoms with Crippen LogP contribution in [-0.4, -0.2) is 31.1 Å². The van der Waals surface area contributed by atoms with Crippen molar-refractivity contribution in [2.45, 2.75) is 32.7 Å². The Morgan fingerprint density at radius 2 is 2.00 bits per heavy atom. The SMILES string of the molecule is CC(C)COC(=O)C(N)CCCN=C(N)N. The molecular weight excluding hydrogens is 208 g/mol. The van der Waals surface area contributed by atoms with Gasteiger partial charge in [0.15, 0.2) is 5.96 Å². The second-order valence-corrected chi connectivity index (χ2v) is 4.08. The molecule has 0 heterocycles. The van der Waals surface area contributed by atoms with E-state index < -0.39 is 6.04 Å². The molecule has 16 heavy (non-hydrogen) atoms. The number of rotatable bonds is 7. The molecule has 0 fully saturated rings. The summed E-state index contributed by atoms with van der Waals surface area (Å²) < 4.78 is 4.99. The van der Waals surface area contributed by atoms with E-state index in [2.05, 4.69) is 4.99 Å². The fourth-order valence-corrected chi connectivity index (χ4v) is 0.993. The van der Waals surface area contributed by atoms with E-state index in [1.165, 1.54) is 0 Å². The molecule has 1 atom stereocenters. The van der Waals surface area contributed by atoms with Crippen molar-refractivity contribution in [2.75, 3.05) is 13.2 Å². The van der Waals surface area contributed by atoms with Gasteiger partial charge in [0, 0.05) is 6.54 Å². The summed E-state index contributed by atoms with van der Waals surface area (Å²) >= 11 is 0. The summed E-state index contributed by atoms with van der Waals surface area (Å²) in [5, 5.41) is 0. The maximum absolute atomic E-state index is 11.3. The molecule has 0 bridgehead atoms. The van der Waals surface area contributed by atoms with Crippen LogP contribution in [0.5, 0.6) is 0 Å². The van der Waals surface area contributed by atoms with Crippen LogP contribution >= 0.6 is 0 Å². The fraction of sp³-hybridized carbons (Fsp3) is 0.800. The van der Waals surface area contributed by atoms with Crippen LogP contribution < -0.4 is 17.2 Å². The highest BCUT2D eigenvalue weighted by Gasteiger charge is 2.14. The van der Waals surface area contributed by atoms with Gasteiger partial charge in [-0.2, -0.15) is 0 Å². The van der Waals surface area contributed by atoms with Crippen LogP contribution in [0.4, 0.5) is 0 Å². The van der Waals surface area contributed by atoms with Crippen molar-refractivity contribution in [3.8, 4) is 0 Å². The smallest absolute Gasteiger partial charge is 0.322 e. The number of esters is 1. The van der Waals surface area contributed by atoms with Crippen LogP contribution in [0.15, 0.2) is 4.99 Å². The predicted molar refractivity (Wildman–Crippen MR) is 63.7 cm³/mol. The Balaban J connectivity index is 3.67. The van der Waals surface area contributed by atoms with E-state index in [0.29, 0.717) is 31.9 Å². The number of hydrogen-bond acceptors (Lipinski definition) is 4. The second-order valence-electron chi connectivity index (χ2n) is 4.08. The first-order valence-electron chi connectivity index (χ1n) is 5.41. The molecule has 0 amide bonds. The highest BCUT2D eigenvalue weighted by Crippen LogP contribution is 2.00. The van der Waals surface area contributed by atoms with Gasteiger partial charge in [0.25, 0.3) is 0 Å². The van der Waals surface area contributed by atoms with E-state index in [0.717, 1.165) is 0 Å². The summed E-state index contributed by atoms with van der Waals surface area (Å²) in [6, 6.07) is -0.590. The van der Waals surface area contributed by atoms with Crippen LogP contribution in [0.25, 0.3) is 0 Å². The van der Waals surface area contributed by atoms with Crippen LogP contribution in [0.3, 0.4) is 0 Å². The van der Waals surface area contributed by atoms with Crippen molar-refractivity contribution in [2.24, 2.45) is 28.1 Å².